The molecule has 2 atom stereocenters. The Kier molecular flexibility index (Phi) is 7.24. The summed E-state index contributed by atoms with van der Waals surface area (Å²) in [5.74, 6) is -2.43. The fourth-order valence-corrected chi connectivity index (χ4v) is 7.21. The van der Waals surface area contributed by atoms with Crippen LogP contribution < -0.4 is 15.2 Å². The second kappa shape index (κ2) is 11.1. The Labute approximate surface area is 255 Å². The highest BCUT2D eigenvalue weighted by Gasteiger charge is 2.56. The van der Waals surface area contributed by atoms with Gasteiger partial charge in [0, 0.05) is 28.5 Å². The molecule has 10 nitrogen and oxygen atoms in total. The van der Waals surface area contributed by atoms with Crippen LogP contribution in [-0.4, -0.2) is 60.0 Å². The lowest BCUT2D eigenvalue weighted by Crippen LogP contribution is -2.68. The third-order valence-electron chi connectivity index (χ3n) is 8.40. The van der Waals surface area contributed by atoms with Crippen LogP contribution in [0.2, 0.25) is 0 Å². The van der Waals surface area contributed by atoms with Crippen molar-refractivity contribution in [1.82, 2.24) is 9.58 Å². The lowest BCUT2D eigenvalue weighted by molar-refractivity contribution is -0.0792. The van der Waals surface area contributed by atoms with Crippen LogP contribution in [0, 0.1) is 11.6 Å². The van der Waals surface area contributed by atoms with Crippen molar-refractivity contribution in [3.05, 3.63) is 92.9 Å². The van der Waals surface area contributed by atoms with Gasteiger partial charge in [-0.1, -0.05) is 31.2 Å². The molecule has 1 spiro atoms. The van der Waals surface area contributed by atoms with Crippen LogP contribution in [0.3, 0.4) is 0 Å². The van der Waals surface area contributed by atoms with E-state index in [1.807, 2.05) is 36.2 Å². The molecule has 7 rings (SSSR count). The quantitative estimate of drug-likeness (QED) is 0.285. The predicted molar refractivity (Wildman–Crippen MR) is 154 cm³/mol. The van der Waals surface area contributed by atoms with Gasteiger partial charge in [-0.15, -0.1) is 11.8 Å². The van der Waals surface area contributed by atoms with Gasteiger partial charge < -0.3 is 23.8 Å². The third kappa shape index (κ3) is 4.78. The van der Waals surface area contributed by atoms with Crippen molar-refractivity contribution < 1.29 is 37.3 Å². The average Bonchev–Trinajstić information content (AvgIpc) is 3.81. The van der Waals surface area contributed by atoms with Gasteiger partial charge in [0.05, 0.1) is 31.4 Å². The molecule has 0 radical (unpaired) electrons. The number of pyridine rings is 1. The first-order chi connectivity index (χ1) is 21.3. The Morgan fingerprint density at radius 1 is 1.09 bits per heavy atom. The van der Waals surface area contributed by atoms with Crippen molar-refractivity contribution in [2.24, 2.45) is 0 Å². The molecule has 4 aliphatic rings. The number of carbonyl (C=O) groups is 2. The smallest absolute Gasteiger partial charge is 0.451 e. The maximum Gasteiger partial charge on any atom is 0.511 e. The monoisotopic (exact) mass is 625 g/mol. The lowest BCUT2D eigenvalue weighted by Gasteiger charge is -2.53. The van der Waals surface area contributed by atoms with Gasteiger partial charge in [-0.3, -0.25) is 19.3 Å². The number of thioether (sulfide) groups is 1. The molecule has 1 aliphatic carbocycles. The van der Waals surface area contributed by atoms with E-state index in [1.165, 1.54) is 28.7 Å². The summed E-state index contributed by atoms with van der Waals surface area (Å²) in [4.78, 5) is 41.8. The number of hydrogen-bond acceptors (Lipinski definition) is 9. The van der Waals surface area contributed by atoms with E-state index in [-0.39, 0.29) is 42.5 Å². The lowest BCUT2D eigenvalue weighted by atomic mass is 9.93. The maximum atomic E-state index is 15.4. The minimum Gasteiger partial charge on any atom is -0.451 e. The Bertz CT molecular complexity index is 1710. The molecule has 13 heteroatoms. The Hall–Kier alpha value is -4.10. The highest BCUT2D eigenvalue weighted by molar-refractivity contribution is 7.98. The molecule has 3 aromatic rings. The molecular weight excluding hydrogens is 596 g/mol. The first-order valence-electron chi connectivity index (χ1n) is 14.4. The molecule has 44 heavy (non-hydrogen) atoms. The van der Waals surface area contributed by atoms with E-state index in [0.717, 1.165) is 29.4 Å². The number of hydrogen-bond donors (Lipinski definition) is 0. The Balaban J connectivity index is 1.39. The number of rotatable bonds is 6. The first-order valence-corrected chi connectivity index (χ1v) is 15.4. The molecule has 1 saturated heterocycles. The summed E-state index contributed by atoms with van der Waals surface area (Å²) in [6.07, 6.45) is 2.03. The molecule has 1 amide bonds. The first kappa shape index (κ1) is 28.7. The van der Waals surface area contributed by atoms with Crippen LogP contribution >= 0.6 is 11.8 Å². The van der Waals surface area contributed by atoms with Crippen LogP contribution in [0.5, 0.6) is 5.75 Å². The van der Waals surface area contributed by atoms with Gasteiger partial charge in [-0.25, -0.2) is 13.6 Å². The number of aromatic nitrogens is 1. The molecule has 0 unspecified atom stereocenters. The van der Waals surface area contributed by atoms with E-state index in [9.17, 15) is 18.8 Å². The van der Waals surface area contributed by atoms with Crippen LogP contribution in [0.25, 0.3) is 0 Å². The number of nitrogens with zero attached hydrogens (tertiary/aromatic N) is 3. The SMILES string of the molecule is CCCOC(=O)OCOc1c2n(ccc1=O)N([C@@H]1c3ccccc3SCc3c1ccc(F)c3F)[C@@H]1COC3(CC3)CN1C2=O. The van der Waals surface area contributed by atoms with E-state index in [0.29, 0.717) is 12.0 Å². The summed E-state index contributed by atoms with van der Waals surface area (Å²) in [7, 11) is 0. The minimum absolute atomic E-state index is 0.0736. The fourth-order valence-electron chi connectivity index (χ4n) is 6.10. The standard InChI is InChI=1S/C31H29F2N3O7S/c1-2-13-40-30(39)42-17-41-28-22(37)9-12-35-27(28)29(38)34-16-31(10-11-31)43-14-24(34)36(35)26-18-7-8-21(32)25(33)20(18)15-44-23-6-4-3-5-19(23)26/h3-9,12,24,26H,2,10-11,13-17H2,1H3/t24-,26+/m1/s1. The molecule has 230 valence electrons. The zero-order valence-corrected chi connectivity index (χ0v) is 24.6. The van der Waals surface area contributed by atoms with Gasteiger partial charge >= 0.3 is 6.16 Å². The van der Waals surface area contributed by atoms with Gasteiger partial charge in [0.1, 0.15) is 6.17 Å². The predicted octanol–water partition coefficient (Wildman–Crippen LogP) is 4.70. The number of amides is 1. The van der Waals surface area contributed by atoms with Gasteiger partial charge in [0.15, 0.2) is 17.3 Å². The zero-order valence-electron chi connectivity index (χ0n) is 23.8. The van der Waals surface area contributed by atoms with Gasteiger partial charge in [0.2, 0.25) is 18.0 Å². The number of benzene rings is 2. The number of carbonyl (C=O) groups excluding carboxylic acids is 2. The summed E-state index contributed by atoms with van der Waals surface area (Å²) >= 11 is 1.40. The van der Waals surface area contributed by atoms with Crippen molar-refractivity contribution >= 4 is 23.8 Å². The number of morpholine rings is 1. The highest BCUT2D eigenvalue weighted by Crippen LogP contribution is 2.48. The summed E-state index contributed by atoms with van der Waals surface area (Å²) in [6, 6.07) is 10.8. The van der Waals surface area contributed by atoms with E-state index < -0.39 is 53.7 Å². The molecular formula is C31H29F2N3O7S. The van der Waals surface area contributed by atoms with E-state index in [1.54, 1.807) is 11.0 Å². The van der Waals surface area contributed by atoms with Crippen molar-refractivity contribution in [2.75, 3.05) is 31.6 Å². The van der Waals surface area contributed by atoms with Crippen LogP contribution in [0.1, 0.15) is 59.4 Å². The van der Waals surface area contributed by atoms with Crippen molar-refractivity contribution in [1.29, 1.82) is 0 Å². The topological polar surface area (TPSA) is 99.5 Å². The van der Waals surface area contributed by atoms with E-state index in [4.69, 9.17) is 18.9 Å². The van der Waals surface area contributed by atoms with Gasteiger partial charge in [-0.05, 0) is 42.5 Å². The van der Waals surface area contributed by atoms with Crippen LogP contribution in [0.15, 0.2) is 58.4 Å². The highest BCUT2D eigenvalue weighted by atomic mass is 32.2. The number of fused-ring (bicyclic) bond motifs is 4. The molecule has 0 N–H and O–H groups in total. The van der Waals surface area contributed by atoms with Crippen LogP contribution in [0.4, 0.5) is 13.6 Å². The van der Waals surface area contributed by atoms with Gasteiger partial charge in [-0.2, -0.15) is 0 Å². The summed E-state index contributed by atoms with van der Waals surface area (Å²) in [5, 5.41) is 1.87. The molecule has 0 bridgehead atoms. The summed E-state index contributed by atoms with van der Waals surface area (Å²) in [6.45, 7) is 1.77. The van der Waals surface area contributed by atoms with Gasteiger partial charge in [0.25, 0.3) is 5.91 Å². The second-order valence-electron chi connectivity index (χ2n) is 11.2. The number of ether oxygens (including phenoxy) is 4. The molecule has 3 aliphatic heterocycles. The van der Waals surface area contributed by atoms with E-state index in [2.05, 4.69) is 0 Å². The Morgan fingerprint density at radius 3 is 2.70 bits per heavy atom. The summed E-state index contributed by atoms with van der Waals surface area (Å²) < 4.78 is 53.4. The zero-order chi connectivity index (χ0) is 30.6. The second-order valence-corrected chi connectivity index (χ2v) is 12.2. The van der Waals surface area contributed by atoms with Crippen LogP contribution in [-0.2, 0) is 20.0 Å². The Morgan fingerprint density at radius 2 is 1.91 bits per heavy atom. The normalized spacial score (nSPS) is 21.0. The molecule has 4 heterocycles. The molecule has 2 aromatic carbocycles. The van der Waals surface area contributed by atoms with Crippen molar-refractivity contribution in [3.63, 3.8) is 0 Å². The molecule has 1 saturated carbocycles. The van der Waals surface area contributed by atoms with Crippen molar-refractivity contribution in [3.8, 4) is 5.75 Å². The maximum absolute atomic E-state index is 15.4. The number of halogens is 2. The van der Waals surface area contributed by atoms with E-state index >= 15 is 4.39 Å². The van der Waals surface area contributed by atoms with Crippen molar-refractivity contribution in [2.45, 2.75) is 54.6 Å². The largest absolute Gasteiger partial charge is 0.511 e. The third-order valence-corrected chi connectivity index (χ3v) is 9.51. The minimum atomic E-state index is -0.966. The fraction of sp³-hybridized carbons (Fsp3) is 0.387. The average molecular weight is 626 g/mol. The molecule has 2 fully saturated rings. The summed E-state index contributed by atoms with van der Waals surface area (Å²) in [5.41, 5.74) is 0.429. The molecule has 1 aromatic heterocycles.